The van der Waals surface area contributed by atoms with E-state index in [1.807, 2.05) is 25.7 Å². The third-order valence-electron chi connectivity index (χ3n) is 3.73. The van der Waals surface area contributed by atoms with Crippen molar-refractivity contribution < 1.29 is 9.90 Å². The van der Waals surface area contributed by atoms with Crippen LogP contribution in [0.25, 0.3) is 0 Å². The average Bonchev–Trinajstić information content (AvgIpc) is 2.79. The van der Waals surface area contributed by atoms with E-state index < -0.39 is 0 Å². The Morgan fingerprint density at radius 2 is 2.15 bits per heavy atom. The van der Waals surface area contributed by atoms with Crippen LogP contribution in [0.5, 0.6) is 0 Å². The van der Waals surface area contributed by atoms with Gasteiger partial charge in [-0.2, -0.15) is 0 Å². The Labute approximate surface area is 124 Å². The lowest BCUT2D eigenvalue weighted by Crippen LogP contribution is -2.45. The lowest BCUT2D eigenvalue weighted by molar-refractivity contribution is 0.0565. The van der Waals surface area contributed by atoms with Crippen LogP contribution in [0.4, 0.5) is 0 Å². The largest absolute Gasteiger partial charge is 0.396 e. The first kappa shape index (κ1) is 15.4. The number of aliphatic hydroxyl groups excluding tert-OH is 1. The number of hydrogen-bond donors (Lipinski definition) is 1. The van der Waals surface area contributed by atoms with Crippen LogP contribution in [0.1, 0.15) is 61.8 Å². The molecule has 1 amide bonds. The van der Waals surface area contributed by atoms with E-state index in [0.717, 1.165) is 18.5 Å². The molecule has 0 aliphatic heterocycles. The smallest absolute Gasteiger partial charge is 0.267 e. The number of amides is 1. The summed E-state index contributed by atoms with van der Waals surface area (Å²) < 4.78 is 3.97. The van der Waals surface area contributed by atoms with Crippen LogP contribution in [0.2, 0.25) is 0 Å². The summed E-state index contributed by atoms with van der Waals surface area (Å²) in [4.78, 5) is 15.4. The van der Waals surface area contributed by atoms with E-state index in [0.29, 0.717) is 23.9 Å². The maximum absolute atomic E-state index is 12.8. The van der Waals surface area contributed by atoms with Crippen molar-refractivity contribution in [3.63, 3.8) is 0 Å². The summed E-state index contributed by atoms with van der Waals surface area (Å²) in [7, 11) is 0. The fourth-order valence-electron chi connectivity index (χ4n) is 2.34. The molecule has 20 heavy (non-hydrogen) atoms. The van der Waals surface area contributed by atoms with Crippen molar-refractivity contribution in [2.75, 3.05) is 13.2 Å². The van der Waals surface area contributed by atoms with E-state index in [4.69, 9.17) is 5.11 Å². The lowest BCUT2D eigenvalue weighted by Gasteiger charge is -2.37. The zero-order valence-corrected chi connectivity index (χ0v) is 13.2. The van der Waals surface area contributed by atoms with E-state index in [2.05, 4.69) is 9.59 Å². The van der Waals surface area contributed by atoms with E-state index in [-0.39, 0.29) is 17.9 Å². The number of carbonyl (C=O) groups is 1. The second-order valence-corrected chi connectivity index (χ2v) is 7.12. The molecule has 1 aromatic heterocycles. The summed E-state index contributed by atoms with van der Waals surface area (Å²) >= 11 is 1.18. The topological polar surface area (TPSA) is 66.3 Å². The Bertz CT molecular complexity index is 463. The standard InChI is InChI=1S/C14H23N3O2S/c1-14(2,3)12-11(20-16-15-12)13(19)17(8-5-9-18)10-6-4-7-10/h10,18H,4-9H2,1-3H3. The highest BCUT2D eigenvalue weighted by atomic mass is 32.1. The maximum atomic E-state index is 12.8. The fraction of sp³-hybridized carbons (Fsp3) is 0.786. The van der Waals surface area contributed by atoms with Crippen LogP contribution in [0.3, 0.4) is 0 Å². The van der Waals surface area contributed by atoms with Gasteiger partial charge in [0.1, 0.15) is 4.88 Å². The highest BCUT2D eigenvalue weighted by molar-refractivity contribution is 7.08. The van der Waals surface area contributed by atoms with Gasteiger partial charge >= 0.3 is 0 Å². The van der Waals surface area contributed by atoms with Crippen LogP contribution in [0.15, 0.2) is 0 Å². The summed E-state index contributed by atoms with van der Waals surface area (Å²) in [5.74, 6) is 0.0306. The van der Waals surface area contributed by atoms with Crippen molar-refractivity contribution in [3.05, 3.63) is 10.6 Å². The number of carbonyl (C=O) groups excluding carboxylic acids is 1. The Balaban J connectivity index is 2.21. The van der Waals surface area contributed by atoms with Gasteiger partial charge < -0.3 is 10.0 Å². The number of nitrogens with zero attached hydrogens (tertiary/aromatic N) is 3. The number of hydrogen-bond acceptors (Lipinski definition) is 5. The molecule has 1 aromatic rings. The first-order valence-corrected chi connectivity index (χ1v) is 7.97. The predicted molar refractivity (Wildman–Crippen MR) is 79.0 cm³/mol. The molecule has 1 N–H and O–H groups in total. The predicted octanol–water partition coefficient (Wildman–Crippen LogP) is 2.21. The van der Waals surface area contributed by atoms with E-state index in [1.165, 1.54) is 18.0 Å². The molecular weight excluding hydrogens is 274 g/mol. The first-order valence-electron chi connectivity index (χ1n) is 7.20. The van der Waals surface area contributed by atoms with E-state index in [1.54, 1.807) is 0 Å². The third-order valence-corrected chi connectivity index (χ3v) is 4.44. The third kappa shape index (κ3) is 3.17. The highest BCUT2D eigenvalue weighted by Gasteiger charge is 2.33. The second-order valence-electron chi connectivity index (χ2n) is 6.36. The van der Waals surface area contributed by atoms with Gasteiger partial charge in [0, 0.05) is 24.6 Å². The van der Waals surface area contributed by atoms with Crippen molar-refractivity contribution in [3.8, 4) is 0 Å². The minimum absolute atomic E-state index is 0.0306. The van der Waals surface area contributed by atoms with Gasteiger partial charge in [0.05, 0.1) is 5.69 Å². The van der Waals surface area contributed by atoms with Crippen molar-refractivity contribution in [1.29, 1.82) is 0 Å². The SMILES string of the molecule is CC(C)(C)c1nnsc1C(=O)N(CCCO)C1CCC1. The Kier molecular flexibility index (Phi) is 4.75. The maximum Gasteiger partial charge on any atom is 0.267 e. The number of aromatic nitrogens is 2. The molecule has 1 heterocycles. The molecule has 1 aliphatic rings. The fourth-order valence-corrected chi connectivity index (χ4v) is 3.17. The van der Waals surface area contributed by atoms with Crippen LogP contribution < -0.4 is 0 Å². The van der Waals surface area contributed by atoms with Gasteiger partial charge in [0.2, 0.25) is 0 Å². The number of aliphatic hydroxyl groups is 1. The molecule has 0 atom stereocenters. The molecule has 0 saturated heterocycles. The Hall–Kier alpha value is -1.01. The summed E-state index contributed by atoms with van der Waals surface area (Å²) in [6.45, 7) is 6.86. The van der Waals surface area contributed by atoms with Crippen LogP contribution in [0, 0.1) is 0 Å². The molecule has 1 saturated carbocycles. The monoisotopic (exact) mass is 297 g/mol. The molecule has 6 heteroatoms. The van der Waals surface area contributed by atoms with Crippen LogP contribution in [-0.4, -0.2) is 44.7 Å². The normalized spacial score (nSPS) is 16.0. The zero-order chi connectivity index (χ0) is 14.8. The molecule has 112 valence electrons. The first-order chi connectivity index (χ1) is 9.45. The minimum Gasteiger partial charge on any atom is -0.396 e. The average molecular weight is 297 g/mol. The van der Waals surface area contributed by atoms with Crippen LogP contribution >= 0.6 is 11.5 Å². The zero-order valence-electron chi connectivity index (χ0n) is 12.4. The summed E-state index contributed by atoms with van der Waals surface area (Å²) in [6.07, 6.45) is 3.93. The van der Waals surface area contributed by atoms with Gasteiger partial charge in [0.25, 0.3) is 5.91 Å². The van der Waals surface area contributed by atoms with Crippen LogP contribution in [-0.2, 0) is 5.41 Å². The van der Waals surface area contributed by atoms with Gasteiger partial charge in [-0.25, -0.2) is 0 Å². The van der Waals surface area contributed by atoms with Gasteiger partial charge in [-0.3, -0.25) is 4.79 Å². The molecule has 1 fully saturated rings. The van der Waals surface area contributed by atoms with Gasteiger partial charge in [-0.15, -0.1) is 5.10 Å². The van der Waals surface area contributed by atoms with E-state index in [9.17, 15) is 4.79 Å². The van der Waals surface area contributed by atoms with E-state index >= 15 is 0 Å². The van der Waals surface area contributed by atoms with Crippen molar-refractivity contribution in [2.24, 2.45) is 0 Å². The molecule has 0 spiro atoms. The summed E-state index contributed by atoms with van der Waals surface area (Å²) in [6, 6.07) is 0.323. The molecule has 0 unspecified atom stereocenters. The Morgan fingerprint density at radius 1 is 1.45 bits per heavy atom. The molecule has 1 aliphatic carbocycles. The van der Waals surface area contributed by atoms with Gasteiger partial charge in [0.15, 0.2) is 0 Å². The molecule has 5 nitrogen and oxygen atoms in total. The van der Waals surface area contributed by atoms with Crippen molar-refractivity contribution in [2.45, 2.75) is 57.9 Å². The van der Waals surface area contributed by atoms with Crippen molar-refractivity contribution >= 4 is 17.4 Å². The highest BCUT2D eigenvalue weighted by Crippen LogP contribution is 2.31. The minimum atomic E-state index is -0.180. The van der Waals surface area contributed by atoms with Crippen molar-refractivity contribution in [1.82, 2.24) is 14.5 Å². The lowest BCUT2D eigenvalue weighted by atomic mass is 9.89. The molecule has 0 bridgehead atoms. The van der Waals surface area contributed by atoms with Gasteiger partial charge in [-0.1, -0.05) is 25.3 Å². The molecule has 0 aromatic carbocycles. The number of rotatable bonds is 5. The summed E-state index contributed by atoms with van der Waals surface area (Å²) in [5, 5.41) is 13.2. The second kappa shape index (κ2) is 6.18. The molecule has 2 rings (SSSR count). The van der Waals surface area contributed by atoms with Gasteiger partial charge in [-0.05, 0) is 37.2 Å². The quantitative estimate of drug-likeness (QED) is 0.905. The Morgan fingerprint density at radius 3 is 2.65 bits per heavy atom. The summed E-state index contributed by atoms with van der Waals surface area (Å²) in [5.41, 5.74) is 0.598. The molecular formula is C14H23N3O2S. The molecule has 0 radical (unpaired) electrons.